The van der Waals surface area contributed by atoms with Gasteiger partial charge >= 0.3 is 0 Å². The van der Waals surface area contributed by atoms with E-state index in [1.165, 1.54) is 0 Å². The minimum atomic E-state index is -0.000596. The number of unbranched alkanes of at least 4 members (excludes halogenated alkanes) is 1. The molecule has 1 amide bonds. The third-order valence-corrected chi connectivity index (χ3v) is 2.89. The first-order valence-corrected chi connectivity index (χ1v) is 5.44. The Hall–Kier alpha value is -0.0500. The van der Waals surface area contributed by atoms with Gasteiger partial charge in [0.1, 0.15) is 0 Å². The van der Waals surface area contributed by atoms with Crippen LogP contribution in [0.15, 0.2) is 0 Å². The summed E-state index contributed by atoms with van der Waals surface area (Å²) in [7, 11) is 1.86. The first kappa shape index (κ1) is 11.9. The topological polar surface area (TPSA) is 20.3 Å². The van der Waals surface area contributed by atoms with Crippen molar-refractivity contribution in [1.82, 2.24) is 4.90 Å². The van der Waals surface area contributed by atoms with E-state index in [-0.39, 0.29) is 10.7 Å². The van der Waals surface area contributed by atoms with Gasteiger partial charge in [-0.1, -0.05) is 36.2 Å². The number of amides is 1. The van der Waals surface area contributed by atoms with Gasteiger partial charge in [-0.3, -0.25) is 4.79 Å². The van der Waals surface area contributed by atoms with E-state index in [2.05, 4.69) is 22.9 Å². The van der Waals surface area contributed by atoms with Gasteiger partial charge in [-0.15, -0.1) is 0 Å². The maximum absolute atomic E-state index is 11.5. The number of alkyl halides is 1. The van der Waals surface area contributed by atoms with Crippen LogP contribution < -0.4 is 0 Å². The fourth-order valence-corrected chi connectivity index (χ4v) is 1.27. The van der Waals surface area contributed by atoms with Gasteiger partial charge in [-0.2, -0.15) is 0 Å². The van der Waals surface area contributed by atoms with Crippen LogP contribution >= 0.6 is 15.9 Å². The Kier molecular flexibility index (Phi) is 6.44. The highest BCUT2D eigenvalue weighted by atomic mass is 79.9. The molecule has 0 N–H and O–H groups in total. The van der Waals surface area contributed by atoms with Crippen molar-refractivity contribution >= 4 is 21.8 Å². The summed E-state index contributed by atoms with van der Waals surface area (Å²) in [5.74, 6) is 0.200. The molecule has 0 fully saturated rings. The highest BCUT2D eigenvalue weighted by Crippen LogP contribution is 2.08. The summed E-state index contributed by atoms with van der Waals surface area (Å²) in [6.07, 6.45) is 3.08. The normalized spacial score (nSPS) is 12.7. The average Bonchev–Trinajstić information content (AvgIpc) is 2.11. The van der Waals surface area contributed by atoms with Crippen LogP contribution in [-0.2, 0) is 4.79 Å². The van der Waals surface area contributed by atoms with Crippen LogP contribution in [-0.4, -0.2) is 29.2 Å². The third kappa shape index (κ3) is 4.10. The first-order valence-electron chi connectivity index (χ1n) is 4.52. The van der Waals surface area contributed by atoms with Crippen molar-refractivity contribution in [1.29, 1.82) is 0 Å². The lowest BCUT2D eigenvalue weighted by Crippen LogP contribution is -2.33. The van der Waals surface area contributed by atoms with E-state index in [0.29, 0.717) is 0 Å². The van der Waals surface area contributed by atoms with E-state index in [0.717, 1.165) is 25.8 Å². The average molecular weight is 236 g/mol. The minimum Gasteiger partial charge on any atom is -0.345 e. The van der Waals surface area contributed by atoms with Crippen LogP contribution in [0.25, 0.3) is 0 Å². The molecule has 0 saturated heterocycles. The van der Waals surface area contributed by atoms with E-state index in [9.17, 15) is 4.79 Å². The predicted molar refractivity (Wildman–Crippen MR) is 55.6 cm³/mol. The molecule has 0 rings (SSSR count). The maximum atomic E-state index is 11.5. The summed E-state index contributed by atoms with van der Waals surface area (Å²) in [4.78, 5) is 13.3. The summed E-state index contributed by atoms with van der Waals surface area (Å²) < 4.78 is 0. The molecule has 72 valence electrons. The van der Waals surface area contributed by atoms with Gasteiger partial charge < -0.3 is 4.90 Å². The molecule has 12 heavy (non-hydrogen) atoms. The zero-order chi connectivity index (χ0) is 9.56. The Labute approximate surface area is 83.4 Å². The summed E-state index contributed by atoms with van der Waals surface area (Å²) in [5.41, 5.74) is 0. The third-order valence-electron chi connectivity index (χ3n) is 1.85. The summed E-state index contributed by atoms with van der Waals surface area (Å²) in [6.45, 7) is 5.01. The molecule has 1 atom stereocenters. The molecule has 0 heterocycles. The number of hydrogen-bond donors (Lipinski definition) is 0. The number of hydrogen-bond acceptors (Lipinski definition) is 1. The Morgan fingerprint density at radius 3 is 2.50 bits per heavy atom. The molecule has 2 nitrogen and oxygen atoms in total. The monoisotopic (exact) mass is 235 g/mol. The first-order chi connectivity index (χ1) is 5.63. The second-order valence-corrected chi connectivity index (χ2v) is 4.09. The zero-order valence-corrected chi connectivity index (χ0v) is 9.73. The molecule has 0 aromatic rings. The van der Waals surface area contributed by atoms with Crippen molar-refractivity contribution < 1.29 is 4.79 Å². The number of nitrogens with zero attached hydrogens (tertiary/aromatic N) is 1. The quantitative estimate of drug-likeness (QED) is 0.671. The fourth-order valence-electron chi connectivity index (χ4n) is 0.919. The molecule has 0 spiro atoms. The fraction of sp³-hybridized carbons (Fsp3) is 0.889. The van der Waals surface area contributed by atoms with Gasteiger partial charge in [0.25, 0.3) is 0 Å². The Morgan fingerprint density at radius 2 is 2.08 bits per heavy atom. The second kappa shape index (κ2) is 6.46. The zero-order valence-electron chi connectivity index (χ0n) is 8.14. The molecule has 0 radical (unpaired) electrons. The van der Waals surface area contributed by atoms with Crippen molar-refractivity contribution in [3.8, 4) is 0 Å². The lowest BCUT2D eigenvalue weighted by atomic mass is 10.2. The number of rotatable bonds is 5. The molecule has 3 heteroatoms. The molecular weight excluding hydrogens is 218 g/mol. The van der Waals surface area contributed by atoms with E-state index in [4.69, 9.17) is 0 Å². The van der Waals surface area contributed by atoms with Crippen molar-refractivity contribution in [3.63, 3.8) is 0 Å². The van der Waals surface area contributed by atoms with Gasteiger partial charge in [0.15, 0.2) is 0 Å². The van der Waals surface area contributed by atoms with E-state index in [1.54, 1.807) is 4.90 Å². The molecular formula is C9H18BrNO. The van der Waals surface area contributed by atoms with Crippen LogP contribution in [0.2, 0.25) is 0 Å². The summed E-state index contributed by atoms with van der Waals surface area (Å²) >= 11 is 3.34. The van der Waals surface area contributed by atoms with Gasteiger partial charge in [0.05, 0.1) is 4.83 Å². The SMILES string of the molecule is CCCCN(C)C(=O)[C@H](Br)CC. The van der Waals surface area contributed by atoms with Crippen molar-refractivity contribution in [2.24, 2.45) is 0 Å². The van der Waals surface area contributed by atoms with Crippen LogP contribution in [0.3, 0.4) is 0 Å². The maximum Gasteiger partial charge on any atom is 0.236 e. The molecule has 0 aliphatic carbocycles. The van der Waals surface area contributed by atoms with E-state index in [1.807, 2.05) is 14.0 Å². The largest absolute Gasteiger partial charge is 0.345 e. The summed E-state index contributed by atoms with van der Waals surface area (Å²) in [5, 5.41) is 0. The van der Waals surface area contributed by atoms with E-state index >= 15 is 0 Å². The lowest BCUT2D eigenvalue weighted by molar-refractivity contribution is -0.129. The Morgan fingerprint density at radius 1 is 1.50 bits per heavy atom. The highest BCUT2D eigenvalue weighted by Gasteiger charge is 2.15. The Bertz CT molecular complexity index is 138. The van der Waals surface area contributed by atoms with Crippen molar-refractivity contribution in [2.75, 3.05) is 13.6 Å². The number of carbonyl (C=O) groups excluding carboxylic acids is 1. The van der Waals surface area contributed by atoms with Crippen LogP contribution in [0.1, 0.15) is 33.1 Å². The lowest BCUT2D eigenvalue weighted by Gasteiger charge is -2.19. The Balaban J connectivity index is 3.75. The van der Waals surface area contributed by atoms with Gasteiger partial charge in [-0.25, -0.2) is 0 Å². The molecule has 0 aromatic heterocycles. The van der Waals surface area contributed by atoms with Gasteiger partial charge in [0.2, 0.25) is 5.91 Å². The van der Waals surface area contributed by atoms with Gasteiger partial charge in [0, 0.05) is 13.6 Å². The second-order valence-electron chi connectivity index (χ2n) is 2.99. The minimum absolute atomic E-state index is 0.000596. The van der Waals surface area contributed by atoms with Crippen molar-refractivity contribution in [3.05, 3.63) is 0 Å². The van der Waals surface area contributed by atoms with Crippen molar-refractivity contribution in [2.45, 2.75) is 37.9 Å². The predicted octanol–water partition coefficient (Wildman–Crippen LogP) is 2.42. The van der Waals surface area contributed by atoms with Crippen LogP contribution in [0.5, 0.6) is 0 Å². The molecule has 0 aliphatic heterocycles. The molecule has 0 saturated carbocycles. The number of halogens is 1. The molecule has 0 aliphatic rings. The van der Waals surface area contributed by atoms with Crippen LogP contribution in [0.4, 0.5) is 0 Å². The van der Waals surface area contributed by atoms with Crippen LogP contribution in [0, 0.1) is 0 Å². The standard InChI is InChI=1S/C9H18BrNO/c1-4-6-7-11(3)9(12)8(10)5-2/h8H,4-7H2,1-3H3/t8-/m1/s1. The highest BCUT2D eigenvalue weighted by molar-refractivity contribution is 9.10. The van der Waals surface area contributed by atoms with Gasteiger partial charge in [-0.05, 0) is 12.8 Å². The molecule has 0 unspecified atom stereocenters. The molecule has 0 aromatic carbocycles. The summed E-state index contributed by atoms with van der Waals surface area (Å²) in [6, 6.07) is 0. The smallest absolute Gasteiger partial charge is 0.236 e. The van der Waals surface area contributed by atoms with E-state index < -0.39 is 0 Å². The number of carbonyl (C=O) groups is 1. The molecule has 0 bridgehead atoms.